The van der Waals surface area contributed by atoms with E-state index >= 15 is 0 Å². The molecule has 1 aromatic rings. The molecule has 0 spiro atoms. The summed E-state index contributed by atoms with van der Waals surface area (Å²) in [7, 11) is 1.17. The molecule has 1 rings (SSSR count). The predicted molar refractivity (Wildman–Crippen MR) is 71.8 cm³/mol. The van der Waals surface area contributed by atoms with Crippen LogP contribution in [0, 0.1) is 15.9 Å². The van der Waals surface area contributed by atoms with Crippen LogP contribution < -0.4 is 0 Å². The van der Waals surface area contributed by atoms with Gasteiger partial charge in [0.15, 0.2) is 0 Å². The Morgan fingerprint density at radius 2 is 2.10 bits per heavy atom. The first-order valence-corrected chi connectivity index (χ1v) is 6.73. The number of halogens is 1. The summed E-state index contributed by atoms with van der Waals surface area (Å²) in [5, 5.41) is 11.0. The Hall–Kier alpha value is -2.16. The molecule has 0 N–H and O–H groups in total. The smallest absolute Gasteiger partial charge is 0.341 e. The van der Waals surface area contributed by atoms with E-state index in [1.165, 1.54) is 14.0 Å². The lowest BCUT2D eigenvalue weighted by Gasteiger charge is -2.07. The van der Waals surface area contributed by atoms with Gasteiger partial charge in [0.25, 0.3) is 5.69 Å². The Morgan fingerprint density at radius 3 is 2.62 bits per heavy atom. The van der Waals surface area contributed by atoms with Gasteiger partial charge in [-0.25, -0.2) is 9.18 Å². The SMILES string of the molecule is CCOC(=O)c1cc([N+](=O)[O-])c(SCC(=O)OC)cc1F. The van der Waals surface area contributed by atoms with Crippen molar-refractivity contribution in [2.75, 3.05) is 19.5 Å². The van der Waals surface area contributed by atoms with Crippen LogP contribution in [0.25, 0.3) is 0 Å². The third-order valence-electron chi connectivity index (χ3n) is 2.31. The third kappa shape index (κ3) is 4.42. The van der Waals surface area contributed by atoms with Crippen LogP contribution in [0.15, 0.2) is 17.0 Å². The van der Waals surface area contributed by atoms with Gasteiger partial charge in [0.1, 0.15) is 11.4 Å². The molecule has 7 nitrogen and oxygen atoms in total. The minimum absolute atomic E-state index is 0.0188. The lowest BCUT2D eigenvalue weighted by molar-refractivity contribution is -0.387. The van der Waals surface area contributed by atoms with E-state index in [-0.39, 0.29) is 17.3 Å². The fourth-order valence-corrected chi connectivity index (χ4v) is 2.22. The van der Waals surface area contributed by atoms with Gasteiger partial charge in [-0.05, 0) is 13.0 Å². The molecule has 9 heteroatoms. The molecule has 0 fully saturated rings. The molecule has 114 valence electrons. The molecule has 0 heterocycles. The topological polar surface area (TPSA) is 95.7 Å². The molecule has 1 aromatic carbocycles. The highest BCUT2D eigenvalue weighted by atomic mass is 32.2. The normalized spacial score (nSPS) is 10.0. The van der Waals surface area contributed by atoms with Crippen molar-refractivity contribution in [3.63, 3.8) is 0 Å². The summed E-state index contributed by atoms with van der Waals surface area (Å²) >= 11 is 0.748. The summed E-state index contributed by atoms with van der Waals surface area (Å²) in [6.45, 7) is 1.55. The van der Waals surface area contributed by atoms with E-state index in [2.05, 4.69) is 9.47 Å². The van der Waals surface area contributed by atoms with Crippen LogP contribution in [0.2, 0.25) is 0 Å². The molecule has 0 saturated carbocycles. The number of nitro groups is 1. The molecule has 0 aromatic heterocycles. The summed E-state index contributed by atoms with van der Waals surface area (Å²) in [6.07, 6.45) is 0. The summed E-state index contributed by atoms with van der Waals surface area (Å²) in [5.74, 6) is -2.76. The first-order valence-electron chi connectivity index (χ1n) is 5.75. The van der Waals surface area contributed by atoms with Crippen LogP contribution in [-0.4, -0.2) is 36.3 Å². The van der Waals surface area contributed by atoms with Crippen LogP contribution >= 0.6 is 11.8 Å². The molecule has 0 bridgehead atoms. The highest BCUT2D eigenvalue weighted by molar-refractivity contribution is 8.00. The standard InChI is InChI=1S/C12H12FNO6S/c1-3-20-12(16)7-4-9(14(17)18)10(5-8(7)13)21-6-11(15)19-2/h4-5H,3,6H2,1-2H3. The minimum Gasteiger partial charge on any atom is -0.468 e. The molecule has 0 unspecified atom stereocenters. The van der Waals surface area contributed by atoms with Crippen LogP contribution in [0.1, 0.15) is 17.3 Å². The number of thioether (sulfide) groups is 1. The van der Waals surface area contributed by atoms with Gasteiger partial charge in [-0.1, -0.05) is 0 Å². The summed E-state index contributed by atoms with van der Waals surface area (Å²) in [6, 6.07) is 1.63. The summed E-state index contributed by atoms with van der Waals surface area (Å²) in [4.78, 5) is 32.7. The fourth-order valence-electron chi connectivity index (χ4n) is 1.36. The molecule has 0 aliphatic carbocycles. The van der Waals surface area contributed by atoms with Crippen molar-refractivity contribution in [3.05, 3.63) is 33.6 Å². The van der Waals surface area contributed by atoms with Gasteiger partial charge in [0.05, 0.1) is 29.3 Å². The largest absolute Gasteiger partial charge is 0.468 e. The Bertz CT molecular complexity index is 577. The van der Waals surface area contributed by atoms with Crippen LogP contribution in [0.5, 0.6) is 0 Å². The molecule has 21 heavy (non-hydrogen) atoms. The Labute approximate surface area is 123 Å². The van der Waals surface area contributed by atoms with E-state index in [0.29, 0.717) is 0 Å². The van der Waals surface area contributed by atoms with Crippen molar-refractivity contribution in [3.8, 4) is 0 Å². The maximum absolute atomic E-state index is 13.8. The predicted octanol–water partition coefficient (Wildman–Crippen LogP) is 2.18. The first kappa shape index (κ1) is 16.9. The average Bonchev–Trinajstić information content (AvgIpc) is 2.44. The molecular formula is C12H12FNO6S. The minimum atomic E-state index is -0.984. The van der Waals surface area contributed by atoms with Crippen molar-refractivity contribution in [1.29, 1.82) is 0 Å². The monoisotopic (exact) mass is 317 g/mol. The zero-order valence-electron chi connectivity index (χ0n) is 11.3. The van der Waals surface area contributed by atoms with Crippen LogP contribution in [0.4, 0.5) is 10.1 Å². The zero-order chi connectivity index (χ0) is 16.0. The lowest BCUT2D eigenvalue weighted by atomic mass is 10.2. The number of hydrogen-bond acceptors (Lipinski definition) is 7. The number of methoxy groups -OCH3 is 1. The van der Waals surface area contributed by atoms with E-state index < -0.39 is 33.9 Å². The van der Waals surface area contributed by atoms with Crippen molar-refractivity contribution >= 4 is 29.4 Å². The maximum Gasteiger partial charge on any atom is 0.341 e. The Morgan fingerprint density at radius 1 is 1.43 bits per heavy atom. The Balaban J connectivity index is 3.15. The van der Waals surface area contributed by atoms with E-state index in [4.69, 9.17) is 0 Å². The average molecular weight is 317 g/mol. The number of hydrogen-bond donors (Lipinski definition) is 0. The van der Waals surface area contributed by atoms with Crippen molar-refractivity contribution in [2.24, 2.45) is 0 Å². The van der Waals surface area contributed by atoms with Crippen LogP contribution in [-0.2, 0) is 14.3 Å². The number of rotatable bonds is 6. The first-order chi connectivity index (χ1) is 9.90. The van der Waals surface area contributed by atoms with Gasteiger partial charge >= 0.3 is 11.9 Å². The molecule has 0 amide bonds. The number of carbonyl (C=O) groups is 2. The third-order valence-corrected chi connectivity index (χ3v) is 3.33. The maximum atomic E-state index is 13.8. The van der Waals surface area contributed by atoms with Crippen molar-refractivity contribution in [2.45, 2.75) is 11.8 Å². The molecule has 0 saturated heterocycles. The molecular weight excluding hydrogens is 305 g/mol. The van der Waals surface area contributed by atoms with E-state index in [0.717, 1.165) is 23.9 Å². The van der Waals surface area contributed by atoms with Crippen LogP contribution in [0.3, 0.4) is 0 Å². The highest BCUT2D eigenvalue weighted by Crippen LogP contribution is 2.32. The lowest BCUT2D eigenvalue weighted by Crippen LogP contribution is -2.09. The number of nitro benzene ring substituents is 1. The number of nitrogens with zero attached hydrogens (tertiary/aromatic N) is 1. The number of carbonyl (C=O) groups excluding carboxylic acids is 2. The van der Waals surface area contributed by atoms with E-state index in [1.807, 2.05) is 0 Å². The number of esters is 2. The molecule has 0 radical (unpaired) electrons. The molecule has 0 aliphatic rings. The zero-order valence-corrected chi connectivity index (χ0v) is 12.1. The number of benzene rings is 1. The van der Waals surface area contributed by atoms with Gasteiger partial charge in [0.2, 0.25) is 0 Å². The quantitative estimate of drug-likeness (QED) is 0.343. The van der Waals surface area contributed by atoms with Crippen molar-refractivity contribution in [1.82, 2.24) is 0 Å². The van der Waals surface area contributed by atoms with Gasteiger partial charge in [-0.2, -0.15) is 0 Å². The Kier molecular flexibility index (Phi) is 6.10. The van der Waals surface area contributed by atoms with Gasteiger partial charge in [0, 0.05) is 6.07 Å². The van der Waals surface area contributed by atoms with E-state index in [1.54, 1.807) is 0 Å². The second-order valence-corrected chi connectivity index (χ2v) is 4.66. The molecule has 0 atom stereocenters. The fraction of sp³-hybridized carbons (Fsp3) is 0.333. The molecule has 0 aliphatic heterocycles. The van der Waals surface area contributed by atoms with Gasteiger partial charge in [-0.15, -0.1) is 11.8 Å². The van der Waals surface area contributed by atoms with Gasteiger partial charge < -0.3 is 9.47 Å². The van der Waals surface area contributed by atoms with Crippen molar-refractivity contribution < 1.29 is 28.4 Å². The summed E-state index contributed by atoms with van der Waals surface area (Å²) < 4.78 is 22.8. The highest BCUT2D eigenvalue weighted by Gasteiger charge is 2.23. The van der Waals surface area contributed by atoms with Gasteiger partial charge in [-0.3, -0.25) is 14.9 Å². The van der Waals surface area contributed by atoms with E-state index in [9.17, 15) is 24.1 Å². The number of ether oxygens (including phenoxy) is 2. The summed E-state index contributed by atoms with van der Waals surface area (Å²) in [5.41, 5.74) is -1.00. The second-order valence-electron chi connectivity index (χ2n) is 3.64. The second kappa shape index (κ2) is 7.58.